The van der Waals surface area contributed by atoms with Crippen LogP contribution < -0.4 is 0 Å². The Morgan fingerprint density at radius 3 is 2.47 bits per heavy atom. The van der Waals surface area contributed by atoms with E-state index in [-0.39, 0.29) is 5.56 Å². The van der Waals surface area contributed by atoms with Crippen LogP contribution in [0.15, 0.2) is 41.0 Å². The van der Waals surface area contributed by atoms with Crippen molar-refractivity contribution in [3.63, 3.8) is 0 Å². The summed E-state index contributed by atoms with van der Waals surface area (Å²) in [4.78, 5) is 28.2. The molecule has 0 bridgehead atoms. The van der Waals surface area contributed by atoms with Gasteiger partial charge in [-0.25, -0.2) is 9.59 Å². The molecule has 7 heteroatoms. The Morgan fingerprint density at radius 2 is 1.87 bits per heavy atom. The summed E-state index contributed by atoms with van der Waals surface area (Å²) in [5.74, 6) is -1.71. The number of aromatic carboxylic acids is 1. The Labute approximate surface area is 182 Å². The van der Waals surface area contributed by atoms with Crippen LogP contribution in [0.5, 0.6) is 0 Å². The number of carbonyl (C=O) groups is 2. The normalized spacial score (nSPS) is 15.9. The number of halogens is 1. The van der Waals surface area contributed by atoms with Gasteiger partial charge in [-0.1, -0.05) is 25.3 Å². The summed E-state index contributed by atoms with van der Waals surface area (Å²) >= 11 is 3.42. The van der Waals surface area contributed by atoms with Gasteiger partial charge in [0, 0.05) is 16.1 Å². The van der Waals surface area contributed by atoms with E-state index >= 15 is 0 Å². The lowest BCUT2D eigenvalue weighted by molar-refractivity contribution is -0.140. The van der Waals surface area contributed by atoms with Crippen molar-refractivity contribution in [1.29, 1.82) is 0 Å². The maximum absolute atomic E-state index is 12.0. The molecule has 4 rings (SSSR count). The summed E-state index contributed by atoms with van der Waals surface area (Å²) < 4.78 is 2.59. The first-order chi connectivity index (χ1) is 14.4. The quantitative estimate of drug-likeness (QED) is 0.487. The molecular formula is C23H23BrN2O4. The highest BCUT2D eigenvalue weighted by Crippen LogP contribution is 2.45. The van der Waals surface area contributed by atoms with E-state index in [0.717, 1.165) is 46.8 Å². The second-order valence-electron chi connectivity index (χ2n) is 7.88. The van der Waals surface area contributed by atoms with Crippen LogP contribution in [-0.2, 0) is 4.79 Å². The van der Waals surface area contributed by atoms with Gasteiger partial charge in [-0.3, -0.25) is 4.98 Å². The van der Waals surface area contributed by atoms with Gasteiger partial charge in [0.1, 0.15) is 6.04 Å². The maximum Gasteiger partial charge on any atom is 0.335 e. The van der Waals surface area contributed by atoms with Crippen LogP contribution in [0.2, 0.25) is 0 Å². The fourth-order valence-electron chi connectivity index (χ4n) is 4.56. The molecule has 1 fully saturated rings. The first-order valence-corrected chi connectivity index (χ1v) is 10.9. The first-order valence-electron chi connectivity index (χ1n) is 10.1. The minimum atomic E-state index is -1.03. The third-order valence-electron chi connectivity index (χ3n) is 6.02. The zero-order chi connectivity index (χ0) is 21.4. The molecule has 2 N–H and O–H groups in total. The number of fused-ring (bicyclic) bond motifs is 1. The zero-order valence-corrected chi connectivity index (χ0v) is 18.2. The van der Waals surface area contributed by atoms with Crippen LogP contribution in [0.1, 0.15) is 66.9 Å². The average Bonchev–Trinajstić information content (AvgIpc) is 3.08. The monoisotopic (exact) mass is 470 g/mol. The van der Waals surface area contributed by atoms with Gasteiger partial charge in [0.05, 0.1) is 22.5 Å². The number of carboxylic acid groups (broad SMARTS) is 2. The highest BCUT2D eigenvalue weighted by atomic mass is 79.9. The van der Waals surface area contributed by atoms with Crippen LogP contribution in [-0.4, -0.2) is 31.7 Å². The predicted octanol–water partition coefficient (Wildman–Crippen LogP) is 5.86. The van der Waals surface area contributed by atoms with E-state index in [4.69, 9.17) is 0 Å². The topological polar surface area (TPSA) is 92.4 Å². The number of hydrogen-bond donors (Lipinski definition) is 2. The Balaban J connectivity index is 2.09. The molecule has 3 aromatic rings. The molecule has 1 saturated carbocycles. The fraction of sp³-hybridized carbons (Fsp3) is 0.348. The molecule has 0 saturated heterocycles. The summed E-state index contributed by atoms with van der Waals surface area (Å²) in [6.45, 7) is 1.63. The van der Waals surface area contributed by atoms with Gasteiger partial charge < -0.3 is 14.8 Å². The fourth-order valence-corrected chi connectivity index (χ4v) is 4.80. The molecule has 0 amide bonds. The molecule has 1 aliphatic carbocycles. The number of hydrogen-bond acceptors (Lipinski definition) is 3. The minimum Gasteiger partial charge on any atom is -0.480 e. The number of carboxylic acids is 2. The molecule has 30 heavy (non-hydrogen) atoms. The highest BCUT2D eigenvalue weighted by molar-refractivity contribution is 9.10. The lowest BCUT2D eigenvalue weighted by Crippen LogP contribution is -2.17. The van der Waals surface area contributed by atoms with Crippen LogP contribution in [0.3, 0.4) is 0 Å². The van der Waals surface area contributed by atoms with E-state index in [1.807, 2.05) is 18.2 Å². The standard InChI is InChI=1S/C23H23BrN2O4/c1-13(22(27)28)26-19-11-15(23(29)30)7-9-17(19)20(14-5-3-2-4-6-14)21(26)18-10-8-16(24)12-25-18/h7-14H,2-6H2,1H3,(H,27,28)(H,29,30)/t13-/m0/s1. The maximum atomic E-state index is 12.0. The van der Waals surface area contributed by atoms with Gasteiger partial charge in [0.25, 0.3) is 0 Å². The Bertz CT molecular complexity index is 1110. The van der Waals surface area contributed by atoms with E-state index in [9.17, 15) is 19.8 Å². The van der Waals surface area contributed by atoms with Gasteiger partial charge in [0.15, 0.2) is 0 Å². The first kappa shape index (κ1) is 20.6. The predicted molar refractivity (Wildman–Crippen MR) is 118 cm³/mol. The lowest BCUT2D eigenvalue weighted by atomic mass is 9.82. The molecule has 1 aliphatic rings. The Kier molecular flexibility index (Phi) is 5.64. The van der Waals surface area contributed by atoms with Gasteiger partial charge in [-0.15, -0.1) is 0 Å². The molecule has 2 heterocycles. The van der Waals surface area contributed by atoms with E-state index in [1.165, 1.54) is 6.42 Å². The number of benzene rings is 1. The number of nitrogens with zero attached hydrogens (tertiary/aromatic N) is 2. The second-order valence-corrected chi connectivity index (χ2v) is 8.80. The molecular weight excluding hydrogens is 448 g/mol. The van der Waals surface area contributed by atoms with E-state index in [2.05, 4.69) is 20.9 Å². The van der Waals surface area contributed by atoms with E-state index in [0.29, 0.717) is 17.1 Å². The molecule has 1 aromatic carbocycles. The number of pyridine rings is 1. The molecule has 2 aromatic heterocycles. The van der Waals surface area contributed by atoms with Gasteiger partial charge >= 0.3 is 11.9 Å². The minimum absolute atomic E-state index is 0.143. The van der Waals surface area contributed by atoms with Crippen molar-refractivity contribution in [2.45, 2.75) is 51.0 Å². The van der Waals surface area contributed by atoms with Crippen molar-refractivity contribution in [3.8, 4) is 11.4 Å². The number of aliphatic carboxylic acids is 1. The summed E-state index contributed by atoms with van der Waals surface area (Å²) in [6, 6.07) is 7.93. The Morgan fingerprint density at radius 1 is 1.13 bits per heavy atom. The second kappa shape index (κ2) is 8.22. The third kappa shape index (κ3) is 3.62. The van der Waals surface area contributed by atoms with Crippen LogP contribution >= 0.6 is 15.9 Å². The zero-order valence-electron chi connectivity index (χ0n) is 16.6. The molecule has 0 unspecified atom stereocenters. The summed E-state index contributed by atoms with van der Waals surface area (Å²) in [6.07, 6.45) is 7.24. The van der Waals surface area contributed by atoms with Crippen molar-refractivity contribution in [2.75, 3.05) is 0 Å². The smallest absolute Gasteiger partial charge is 0.335 e. The molecule has 156 valence electrons. The molecule has 0 aliphatic heterocycles. The van der Waals surface area contributed by atoms with Crippen molar-refractivity contribution in [1.82, 2.24) is 9.55 Å². The lowest BCUT2D eigenvalue weighted by Gasteiger charge is -2.24. The summed E-state index contributed by atoms with van der Waals surface area (Å²) in [7, 11) is 0. The summed E-state index contributed by atoms with van der Waals surface area (Å²) in [5, 5.41) is 20.3. The summed E-state index contributed by atoms with van der Waals surface area (Å²) in [5.41, 5.74) is 3.33. The van der Waals surface area contributed by atoms with Crippen LogP contribution in [0.4, 0.5) is 0 Å². The van der Waals surface area contributed by atoms with Crippen molar-refractivity contribution in [3.05, 3.63) is 52.1 Å². The van der Waals surface area contributed by atoms with E-state index < -0.39 is 18.0 Å². The van der Waals surface area contributed by atoms with Gasteiger partial charge in [0.2, 0.25) is 0 Å². The molecule has 1 atom stereocenters. The highest BCUT2D eigenvalue weighted by Gasteiger charge is 2.30. The van der Waals surface area contributed by atoms with Crippen molar-refractivity contribution >= 4 is 38.8 Å². The largest absolute Gasteiger partial charge is 0.480 e. The average molecular weight is 471 g/mol. The van der Waals surface area contributed by atoms with Crippen molar-refractivity contribution in [2.24, 2.45) is 0 Å². The number of aromatic nitrogens is 2. The van der Waals surface area contributed by atoms with Gasteiger partial charge in [-0.05, 0) is 71.4 Å². The molecule has 0 radical (unpaired) electrons. The SMILES string of the molecule is C[C@@H](C(=O)O)n1c(-c2ccc(Br)cn2)c(C2CCCCC2)c2ccc(C(=O)O)cc21. The molecule has 0 spiro atoms. The third-order valence-corrected chi connectivity index (χ3v) is 6.49. The van der Waals surface area contributed by atoms with E-state index in [1.54, 1.807) is 29.8 Å². The van der Waals surface area contributed by atoms with Gasteiger partial charge in [-0.2, -0.15) is 0 Å². The molecule has 6 nitrogen and oxygen atoms in total. The Hall–Kier alpha value is -2.67. The van der Waals surface area contributed by atoms with Crippen LogP contribution in [0, 0.1) is 0 Å². The van der Waals surface area contributed by atoms with Crippen LogP contribution in [0.25, 0.3) is 22.3 Å². The number of rotatable bonds is 5. The van der Waals surface area contributed by atoms with Crippen molar-refractivity contribution < 1.29 is 19.8 Å².